The number of carbonyl (C=O) groups is 2. The summed E-state index contributed by atoms with van der Waals surface area (Å²) in [6.07, 6.45) is 5.23. The average Bonchev–Trinajstić information content (AvgIpc) is 3.61. The van der Waals surface area contributed by atoms with E-state index in [1.807, 2.05) is 24.0 Å². The Morgan fingerprint density at radius 1 is 1.23 bits per heavy atom. The summed E-state index contributed by atoms with van der Waals surface area (Å²) in [5.74, 6) is -0.363. The SMILES string of the molecule is Cc1cc(Nc2nc(N3CCC[C@@H](NC(=O)c4ccc(C5CC5)cc4F)C3)cnc2C(N)=O)sn1. The molecule has 0 unspecified atom stereocenters. The van der Waals surface area contributed by atoms with Crippen LogP contribution in [-0.2, 0) is 0 Å². The molecule has 5 rings (SSSR count). The Balaban J connectivity index is 1.29. The molecule has 182 valence electrons. The lowest BCUT2D eigenvalue weighted by Gasteiger charge is -2.34. The number of rotatable bonds is 7. The van der Waals surface area contributed by atoms with Gasteiger partial charge in [0, 0.05) is 19.1 Å². The first-order chi connectivity index (χ1) is 16.9. The van der Waals surface area contributed by atoms with Gasteiger partial charge in [0.25, 0.3) is 11.8 Å². The third-order valence-corrected chi connectivity index (χ3v) is 7.03. The zero-order valence-electron chi connectivity index (χ0n) is 19.3. The molecule has 1 aliphatic heterocycles. The minimum atomic E-state index is -0.689. The Labute approximate surface area is 206 Å². The highest BCUT2D eigenvalue weighted by Crippen LogP contribution is 2.40. The predicted molar refractivity (Wildman–Crippen MR) is 132 cm³/mol. The molecule has 2 fully saturated rings. The predicted octanol–water partition coefficient (Wildman–Crippen LogP) is 3.50. The van der Waals surface area contributed by atoms with Gasteiger partial charge in [-0.15, -0.1) is 0 Å². The van der Waals surface area contributed by atoms with Crippen LogP contribution in [-0.4, -0.2) is 45.3 Å². The molecule has 3 heterocycles. The highest BCUT2D eigenvalue weighted by Gasteiger charge is 2.27. The number of primary amides is 1. The normalized spacial score (nSPS) is 17.8. The number of anilines is 3. The van der Waals surface area contributed by atoms with Gasteiger partial charge < -0.3 is 21.3 Å². The summed E-state index contributed by atoms with van der Waals surface area (Å²) in [5, 5.41) is 6.76. The number of hydrogen-bond donors (Lipinski definition) is 3. The lowest BCUT2D eigenvalue weighted by atomic mass is 10.0. The van der Waals surface area contributed by atoms with E-state index in [0.717, 1.165) is 41.9 Å². The number of nitrogens with one attached hydrogen (secondary N) is 2. The topological polar surface area (TPSA) is 126 Å². The zero-order chi connectivity index (χ0) is 24.5. The van der Waals surface area contributed by atoms with Gasteiger partial charge in [-0.05, 0) is 73.8 Å². The lowest BCUT2D eigenvalue weighted by molar-refractivity contribution is 0.0927. The van der Waals surface area contributed by atoms with E-state index in [-0.39, 0.29) is 23.1 Å². The molecule has 2 amide bonds. The van der Waals surface area contributed by atoms with Gasteiger partial charge in [0.15, 0.2) is 11.5 Å². The molecule has 35 heavy (non-hydrogen) atoms. The summed E-state index contributed by atoms with van der Waals surface area (Å²) < 4.78 is 18.8. The minimum absolute atomic E-state index is 0.0341. The monoisotopic (exact) mass is 495 g/mol. The molecule has 1 atom stereocenters. The Bertz CT molecular complexity index is 1280. The molecule has 0 spiro atoms. The highest BCUT2D eigenvalue weighted by atomic mass is 32.1. The van der Waals surface area contributed by atoms with E-state index in [0.29, 0.717) is 24.8 Å². The number of nitrogens with zero attached hydrogens (tertiary/aromatic N) is 4. The maximum atomic E-state index is 14.6. The average molecular weight is 496 g/mol. The standard InChI is InChI=1S/C24H26FN7O2S/c1-13-9-20(35-31-13)30-23-21(22(26)33)27-11-19(29-23)32-8-2-3-16(12-32)28-24(34)17-7-6-15(10-18(17)25)14-4-5-14/h6-7,9-11,14,16H,2-5,8,12H2,1H3,(H2,26,33)(H,28,34)(H,29,30)/t16-/m1/s1. The van der Waals surface area contributed by atoms with E-state index in [2.05, 4.69) is 25.0 Å². The van der Waals surface area contributed by atoms with Crippen molar-refractivity contribution in [1.82, 2.24) is 19.7 Å². The van der Waals surface area contributed by atoms with Crippen molar-refractivity contribution in [2.45, 2.75) is 44.6 Å². The van der Waals surface area contributed by atoms with E-state index in [4.69, 9.17) is 5.73 Å². The molecular formula is C24H26FN7O2S. The van der Waals surface area contributed by atoms with Crippen LogP contribution in [0.4, 0.5) is 21.0 Å². The molecule has 11 heteroatoms. The fraction of sp³-hybridized carbons (Fsp3) is 0.375. The van der Waals surface area contributed by atoms with Gasteiger partial charge in [-0.25, -0.2) is 14.4 Å². The lowest BCUT2D eigenvalue weighted by Crippen LogP contribution is -2.48. The first-order valence-corrected chi connectivity index (χ1v) is 12.4. The summed E-state index contributed by atoms with van der Waals surface area (Å²) in [4.78, 5) is 35.5. The third kappa shape index (κ3) is 5.24. The van der Waals surface area contributed by atoms with Gasteiger partial charge in [0.2, 0.25) is 0 Å². The highest BCUT2D eigenvalue weighted by molar-refractivity contribution is 7.10. The Morgan fingerprint density at radius 2 is 2.06 bits per heavy atom. The fourth-order valence-corrected chi connectivity index (χ4v) is 4.95. The summed E-state index contributed by atoms with van der Waals surface area (Å²) in [5.41, 5.74) is 7.38. The summed E-state index contributed by atoms with van der Waals surface area (Å²) in [7, 11) is 0. The van der Waals surface area contributed by atoms with Crippen molar-refractivity contribution in [3.63, 3.8) is 0 Å². The quantitative estimate of drug-likeness (QED) is 0.458. The molecule has 2 aromatic heterocycles. The molecule has 0 bridgehead atoms. The molecule has 1 aliphatic carbocycles. The second-order valence-corrected chi connectivity index (χ2v) is 9.82. The van der Waals surface area contributed by atoms with Crippen molar-refractivity contribution >= 4 is 40.0 Å². The zero-order valence-corrected chi connectivity index (χ0v) is 20.1. The maximum Gasteiger partial charge on any atom is 0.271 e. The second kappa shape index (κ2) is 9.57. The van der Waals surface area contributed by atoms with Crippen LogP contribution in [0, 0.1) is 12.7 Å². The maximum absolute atomic E-state index is 14.6. The van der Waals surface area contributed by atoms with Gasteiger partial charge in [0.1, 0.15) is 16.6 Å². The molecule has 1 aromatic carbocycles. The van der Waals surface area contributed by atoms with E-state index in [1.54, 1.807) is 6.07 Å². The van der Waals surface area contributed by atoms with Crippen molar-refractivity contribution in [2.24, 2.45) is 5.73 Å². The van der Waals surface area contributed by atoms with Crippen LogP contribution in [0.1, 0.15) is 63.7 Å². The van der Waals surface area contributed by atoms with E-state index in [9.17, 15) is 14.0 Å². The number of benzene rings is 1. The van der Waals surface area contributed by atoms with Gasteiger partial charge in [-0.1, -0.05) is 6.07 Å². The number of halogens is 1. The summed E-state index contributed by atoms with van der Waals surface area (Å²) in [6, 6.07) is 6.56. The van der Waals surface area contributed by atoms with Gasteiger partial charge in [-0.2, -0.15) is 4.37 Å². The summed E-state index contributed by atoms with van der Waals surface area (Å²) in [6.45, 7) is 3.06. The smallest absolute Gasteiger partial charge is 0.271 e. The number of nitrogens with two attached hydrogens (primary N) is 1. The van der Waals surface area contributed by atoms with Gasteiger partial charge in [0.05, 0.1) is 17.5 Å². The molecule has 3 aromatic rings. The first-order valence-electron chi connectivity index (χ1n) is 11.6. The number of amides is 2. The minimum Gasteiger partial charge on any atom is -0.364 e. The number of hydrogen-bond acceptors (Lipinski definition) is 8. The van der Waals surface area contributed by atoms with Crippen LogP contribution in [0.3, 0.4) is 0 Å². The molecule has 4 N–H and O–H groups in total. The van der Waals surface area contributed by atoms with E-state index in [1.165, 1.54) is 23.8 Å². The Morgan fingerprint density at radius 3 is 2.74 bits per heavy atom. The fourth-order valence-electron chi connectivity index (χ4n) is 4.29. The number of aryl methyl sites for hydroxylation is 1. The van der Waals surface area contributed by atoms with Crippen LogP contribution in [0.2, 0.25) is 0 Å². The molecule has 1 saturated heterocycles. The van der Waals surface area contributed by atoms with Crippen molar-refractivity contribution < 1.29 is 14.0 Å². The number of carbonyl (C=O) groups excluding carboxylic acids is 2. The molecule has 9 nitrogen and oxygen atoms in total. The van der Waals surface area contributed by atoms with E-state index < -0.39 is 17.6 Å². The number of piperidine rings is 1. The first kappa shape index (κ1) is 23.2. The second-order valence-electron chi connectivity index (χ2n) is 9.02. The van der Waals surface area contributed by atoms with Crippen molar-refractivity contribution in [3.05, 3.63) is 58.8 Å². The van der Waals surface area contributed by atoms with E-state index >= 15 is 0 Å². The number of aromatic nitrogens is 3. The van der Waals surface area contributed by atoms with Crippen LogP contribution in [0.15, 0.2) is 30.5 Å². The van der Waals surface area contributed by atoms with Crippen molar-refractivity contribution in [2.75, 3.05) is 23.3 Å². The van der Waals surface area contributed by atoms with Crippen LogP contribution in [0.5, 0.6) is 0 Å². The summed E-state index contributed by atoms with van der Waals surface area (Å²) >= 11 is 1.25. The Kier molecular flexibility index (Phi) is 6.33. The van der Waals surface area contributed by atoms with Crippen LogP contribution >= 0.6 is 11.5 Å². The molecule has 2 aliphatic rings. The molecule has 1 saturated carbocycles. The van der Waals surface area contributed by atoms with Crippen molar-refractivity contribution in [1.29, 1.82) is 0 Å². The largest absolute Gasteiger partial charge is 0.364 e. The van der Waals surface area contributed by atoms with Crippen LogP contribution in [0.25, 0.3) is 0 Å². The molecule has 0 radical (unpaired) electrons. The molecular weight excluding hydrogens is 469 g/mol. The van der Waals surface area contributed by atoms with Crippen LogP contribution < -0.4 is 21.3 Å². The van der Waals surface area contributed by atoms with Crippen molar-refractivity contribution in [3.8, 4) is 0 Å². The van der Waals surface area contributed by atoms with Gasteiger partial charge in [-0.3, -0.25) is 9.59 Å². The Hall–Kier alpha value is -3.60. The van der Waals surface area contributed by atoms with Gasteiger partial charge >= 0.3 is 0 Å². The third-order valence-electron chi connectivity index (χ3n) is 6.23.